The molecule has 1 aromatic carbocycles. The third-order valence-corrected chi connectivity index (χ3v) is 9.88. The lowest BCUT2D eigenvalue weighted by Crippen LogP contribution is -2.57. The molecule has 41 heavy (non-hydrogen) atoms. The predicted octanol–water partition coefficient (Wildman–Crippen LogP) is 4.44. The Balaban J connectivity index is 1.30. The number of benzene rings is 1. The summed E-state index contributed by atoms with van der Waals surface area (Å²) in [5.41, 5.74) is 1.48. The zero-order chi connectivity index (χ0) is 28.9. The van der Waals surface area contributed by atoms with Crippen LogP contribution in [0.25, 0.3) is 0 Å². The summed E-state index contributed by atoms with van der Waals surface area (Å²) in [6, 6.07) is 10.7. The van der Waals surface area contributed by atoms with E-state index in [4.69, 9.17) is 4.74 Å². The van der Waals surface area contributed by atoms with Crippen molar-refractivity contribution in [3.8, 4) is 0 Å². The third-order valence-electron chi connectivity index (χ3n) is 9.88. The molecule has 0 unspecified atom stereocenters. The molecule has 3 aliphatic heterocycles. The van der Waals surface area contributed by atoms with E-state index in [2.05, 4.69) is 43.3 Å². The Bertz CT molecular complexity index is 1340. The number of aromatic nitrogens is 1. The number of ether oxygens (including phenoxy) is 1. The van der Waals surface area contributed by atoms with Crippen LogP contribution < -0.4 is 10.6 Å². The molecule has 8 nitrogen and oxygen atoms in total. The summed E-state index contributed by atoms with van der Waals surface area (Å²) in [5.74, 6) is -1.02. The minimum absolute atomic E-state index is 0.0348. The third kappa shape index (κ3) is 4.76. The van der Waals surface area contributed by atoms with Gasteiger partial charge in [0, 0.05) is 30.7 Å². The quantitative estimate of drug-likeness (QED) is 0.492. The van der Waals surface area contributed by atoms with Gasteiger partial charge in [-0.2, -0.15) is 0 Å². The van der Waals surface area contributed by atoms with Gasteiger partial charge >= 0.3 is 0 Å². The maximum Gasteiger partial charge on any atom is 0.246 e. The summed E-state index contributed by atoms with van der Waals surface area (Å²) < 4.78 is 6.50. The standard InChI is InChI=1S/C33H40N4O4/c1-19(2)23-10-12-24(13-11-23)35-30(38)27-26-14-15-33(41-26)28(27)32(40)37(18-22-8-6-16-34-17-22)29(33)31(39)36-25-9-5-7-20(3)21(25)4/h6,8,10-17,19-21,25-29H,5,7,9,18H2,1-4H3,(H,35,38)(H,36,39)/t20-,21-,25+,26+,27-,28+,29+,33+/m0/s1. The van der Waals surface area contributed by atoms with Crippen LogP contribution in [0, 0.1) is 23.7 Å². The van der Waals surface area contributed by atoms with E-state index >= 15 is 0 Å². The molecule has 1 aromatic heterocycles. The molecule has 1 aliphatic carbocycles. The van der Waals surface area contributed by atoms with Gasteiger partial charge in [-0.15, -0.1) is 0 Å². The van der Waals surface area contributed by atoms with Gasteiger partial charge in [0.2, 0.25) is 17.7 Å². The van der Waals surface area contributed by atoms with E-state index in [1.54, 1.807) is 17.3 Å². The highest BCUT2D eigenvalue weighted by molar-refractivity contribution is 6.02. The highest BCUT2D eigenvalue weighted by Gasteiger charge is 2.72. The summed E-state index contributed by atoms with van der Waals surface area (Å²) in [6.07, 6.45) is 9.67. The molecule has 4 aliphatic rings. The second-order valence-corrected chi connectivity index (χ2v) is 12.7. The molecule has 2 saturated heterocycles. The first kappa shape index (κ1) is 27.6. The normalized spacial score (nSPS) is 33.7. The van der Waals surface area contributed by atoms with Crippen molar-refractivity contribution in [2.24, 2.45) is 23.7 Å². The minimum atomic E-state index is -1.19. The van der Waals surface area contributed by atoms with Crippen molar-refractivity contribution in [3.05, 3.63) is 72.1 Å². The largest absolute Gasteiger partial charge is 0.359 e. The molecule has 1 spiro atoms. The average Bonchev–Trinajstić information content (AvgIpc) is 3.59. The fourth-order valence-corrected chi connectivity index (χ4v) is 7.35. The summed E-state index contributed by atoms with van der Waals surface area (Å²) in [5, 5.41) is 6.32. The Hall–Kier alpha value is -3.52. The van der Waals surface area contributed by atoms with Gasteiger partial charge in [0.15, 0.2) is 0 Å². The van der Waals surface area contributed by atoms with Crippen molar-refractivity contribution >= 4 is 23.4 Å². The van der Waals surface area contributed by atoms with E-state index in [9.17, 15) is 14.4 Å². The number of nitrogens with one attached hydrogen (secondary N) is 2. The molecule has 3 fully saturated rings. The topological polar surface area (TPSA) is 101 Å². The number of hydrogen-bond donors (Lipinski definition) is 2. The Labute approximate surface area is 241 Å². The Morgan fingerprint density at radius 3 is 2.61 bits per heavy atom. The van der Waals surface area contributed by atoms with Crippen molar-refractivity contribution in [1.82, 2.24) is 15.2 Å². The van der Waals surface area contributed by atoms with Crippen LogP contribution in [0.1, 0.15) is 64.0 Å². The lowest BCUT2D eigenvalue weighted by molar-refractivity contribution is -0.142. The van der Waals surface area contributed by atoms with Crippen LogP contribution in [0.15, 0.2) is 60.9 Å². The van der Waals surface area contributed by atoms with Crippen LogP contribution in [0.2, 0.25) is 0 Å². The number of carbonyl (C=O) groups is 3. The lowest BCUT2D eigenvalue weighted by Gasteiger charge is -2.38. The van der Waals surface area contributed by atoms with Gasteiger partial charge in [-0.3, -0.25) is 19.4 Å². The van der Waals surface area contributed by atoms with E-state index in [0.29, 0.717) is 23.4 Å². The number of hydrogen-bond acceptors (Lipinski definition) is 5. The number of nitrogens with zero attached hydrogens (tertiary/aromatic N) is 2. The van der Waals surface area contributed by atoms with Crippen LogP contribution in [-0.2, 0) is 25.7 Å². The molecule has 2 N–H and O–H groups in total. The summed E-state index contributed by atoms with van der Waals surface area (Å²) >= 11 is 0. The Kier molecular flexibility index (Phi) is 7.22. The van der Waals surface area contributed by atoms with Crippen LogP contribution in [-0.4, -0.2) is 51.4 Å². The molecule has 1 saturated carbocycles. The van der Waals surface area contributed by atoms with Crippen molar-refractivity contribution in [2.75, 3.05) is 5.32 Å². The number of carbonyl (C=O) groups excluding carboxylic acids is 3. The molecule has 2 aromatic rings. The Morgan fingerprint density at radius 2 is 1.90 bits per heavy atom. The first-order valence-electron chi connectivity index (χ1n) is 15.0. The predicted molar refractivity (Wildman–Crippen MR) is 156 cm³/mol. The molecule has 6 rings (SSSR count). The molecular formula is C33H40N4O4. The number of pyridine rings is 1. The second kappa shape index (κ2) is 10.7. The molecule has 216 valence electrons. The summed E-state index contributed by atoms with van der Waals surface area (Å²) in [6.45, 7) is 8.88. The SMILES string of the molecule is CC(C)c1ccc(NC(=O)[C@H]2[C@H]3C=C[C@@]4(O3)[C@H]2C(=O)N(Cc2cccnc2)[C@@H]4C(=O)N[C@@H]2CCC[C@H](C)[C@@H]2C)cc1. The van der Waals surface area contributed by atoms with Gasteiger partial charge in [-0.1, -0.05) is 70.9 Å². The van der Waals surface area contributed by atoms with Crippen molar-refractivity contribution in [1.29, 1.82) is 0 Å². The molecule has 0 radical (unpaired) electrons. The number of amides is 3. The monoisotopic (exact) mass is 556 g/mol. The fourth-order valence-electron chi connectivity index (χ4n) is 7.35. The number of rotatable bonds is 7. The summed E-state index contributed by atoms with van der Waals surface area (Å²) in [7, 11) is 0. The van der Waals surface area contributed by atoms with Crippen LogP contribution >= 0.6 is 0 Å². The molecule has 8 atom stereocenters. The minimum Gasteiger partial charge on any atom is -0.359 e. The van der Waals surface area contributed by atoms with Gasteiger partial charge in [0.25, 0.3) is 0 Å². The highest BCUT2D eigenvalue weighted by atomic mass is 16.5. The second-order valence-electron chi connectivity index (χ2n) is 12.7. The molecule has 3 amide bonds. The van der Waals surface area contributed by atoms with E-state index in [-0.39, 0.29) is 30.3 Å². The van der Waals surface area contributed by atoms with Gasteiger partial charge in [-0.25, -0.2) is 0 Å². The van der Waals surface area contributed by atoms with E-state index in [1.165, 1.54) is 5.56 Å². The van der Waals surface area contributed by atoms with Crippen LogP contribution in [0.5, 0.6) is 0 Å². The number of fused-ring (bicyclic) bond motifs is 1. The van der Waals surface area contributed by atoms with Crippen LogP contribution in [0.4, 0.5) is 5.69 Å². The van der Waals surface area contributed by atoms with Crippen molar-refractivity contribution in [3.63, 3.8) is 0 Å². The highest BCUT2D eigenvalue weighted by Crippen LogP contribution is 2.55. The first-order valence-corrected chi connectivity index (χ1v) is 15.0. The zero-order valence-electron chi connectivity index (χ0n) is 24.2. The molecular weight excluding hydrogens is 516 g/mol. The number of anilines is 1. The molecule has 2 bridgehead atoms. The van der Waals surface area contributed by atoms with Gasteiger partial charge < -0.3 is 20.3 Å². The van der Waals surface area contributed by atoms with Gasteiger partial charge in [0.1, 0.15) is 11.6 Å². The summed E-state index contributed by atoms with van der Waals surface area (Å²) in [4.78, 5) is 47.9. The van der Waals surface area contributed by atoms with E-state index in [0.717, 1.165) is 24.8 Å². The zero-order valence-corrected chi connectivity index (χ0v) is 24.2. The average molecular weight is 557 g/mol. The van der Waals surface area contributed by atoms with Crippen LogP contribution in [0.3, 0.4) is 0 Å². The van der Waals surface area contributed by atoms with Gasteiger partial charge in [-0.05, 0) is 53.5 Å². The van der Waals surface area contributed by atoms with E-state index < -0.39 is 29.6 Å². The fraction of sp³-hybridized carbons (Fsp3) is 0.515. The van der Waals surface area contributed by atoms with E-state index in [1.807, 2.05) is 48.6 Å². The molecule has 4 heterocycles. The number of likely N-dealkylation sites (tertiary alicyclic amines) is 1. The maximum absolute atomic E-state index is 14.2. The molecule has 8 heteroatoms. The first-order chi connectivity index (χ1) is 19.7. The maximum atomic E-state index is 14.2. The lowest BCUT2D eigenvalue weighted by atomic mass is 9.73. The smallest absolute Gasteiger partial charge is 0.246 e. The van der Waals surface area contributed by atoms with Crippen molar-refractivity contribution in [2.45, 2.75) is 83.2 Å². The van der Waals surface area contributed by atoms with Crippen molar-refractivity contribution < 1.29 is 19.1 Å². The van der Waals surface area contributed by atoms with Gasteiger partial charge in [0.05, 0.1) is 17.9 Å². The Morgan fingerprint density at radius 1 is 1.12 bits per heavy atom.